The molecule has 13 heteroatoms. The molecule has 0 spiro atoms. The summed E-state index contributed by atoms with van der Waals surface area (Å²) in [6, 6.07) is 5.34. The average molecular weight is 571 g/mol. The molecule has 2 aliphatic heterocycles. The molecule has 194 valence electrons. The van der Waals surface area contributed by atoms with E-state index in [0.717, 1.165) is 11.5 Å². The van der Waals surface area contributed by atoms with Gasteiger partial charge in [-0.25, -0.2) is 0 Å². The van der Waals surface area contributed by atoms with Gasteiger partial charge in [0.25, 0.3) is 11.5 Å². The van der Waals surface area contributed by atoms with Crippen LogP contribution in [-0.2, 0) is 16.6 Å². The number of thioether (sulfide) groups is 1. The van der Waals surface area contributed by atoms with E-state index < -0.39 is 45.5 Å². The molecule has 2 aliphatic rings. The zero-order valence-corrected chi connectivity index (χ0v) is 21.0. The zero-order valence-electron chi connectivity index (χ0n) is 18.7. The monoisotopic (exact) mass is 570 g/mol. The maximum Gasteiger partial charge on any atom is 0.435 e. The molecule has 0 bridgehead atoms. The van der Waals surface area contributed by atoms with Gasteiger partial charge in [0.2, 0.25) is 0 Å². The second-order valence-electron chi connectivity index (χ2n) is 8.99. The van der Waals surface area contributed by atoms with E-state index in [1.807, 2.05) is 6.92 Å². The number of oxime groups is 1. The van der Waals surface area contributed by atoms with Gasteiger partial charge in [0, 0.05) is 29.1 Å². The molecule has 4 nitrogen and oxygen atoms in total. The molecule has 0 aromatic heterocycles. The van der Waals surface area contributed by atoms with Crippen molar-refractivity contribution in [2.45, 2.75) is 43.8 Å². The van der Waals surface area contributed by atoms with Crippen LogP contribution >= 0.6 is 35.0 Å². The average Bonchev–Trinajstić information content (AvgIpc) is 3.20. The number of halogens is 8. The predicted molar refractivity (Wildman–Crippen MR) is 126 cm³/mol. The molecule has 2 aromatic carbocycles. The molecule has 2 heterocycles. The van der Waals surface area contributed by atoms with Crippen molar-refractivity contribution < 1.29 is 36.0 Å². The Kier molecular flexibility index (Phi) is 6.75. The Labute approximate surface area is 216 Å². The van der Waals surface area contributed by atoms with Crippen LogP contribution in [0.3, 0.4) is 0 Å². The van der Waals surface area contributed by atoms with Gasteiger partial charge in [-0.3, -0.25) is 4.79 Å². The van der Waals surface area contributed by atoms with Crippen molar-refractivity contribution in [2.75, 3.05) is 11.5 Å². The van der Waals surface area contributed by atoms with Gasteiger partial charge in [-0.1, -0.05) is 34.4 Å². The van der Waals surface area contributed by atoms with Gasteiger partial charge in [-0.15, -0.1) is 0 Å². The first-order chi connectivity index (χ1) is 16.6. The third kappa shape index (κ3) is 4.77. The molecule has 1 unspecified atom stereocenters. The normalized spacial score (nSPS) is 21.4. The van der Waals surface area contributed by atoms with Crippen LogP contribution in [-0.4, -0.2) is 34.8 Å². The number of rotatable bonds is 4. The Morgan fingerprint density at radius 2 is 1.78 bits per heavy atom. The van der Waals surface area contributed by atoms with Crippen molar-refractivity contribution >= 4 is 46.6 Å². The van der Waals surface area contributed by atoms with E-state index in [9.17, 15) is 31.1 Å². The maximum absolute atomic E-state index is 14.3. The van der Waals surface area contributed by atoms with Crippen molar-refractivity contribution in [3.8, 4) is 0 Å². The Morgan fingerprint density at radius 3 is 2.31 bits per heavy atom. The molecule has 1 saturated heterocycles. The summed E-state index contributed by atoms with van der Waals surface area (Å²) >= 11 is 13.1. The van der Waals surface area contributed by atoms with Crippen LogP contribution in [0.25, 0.3) is 0 Å². The SMILES string of the molecule is Cc1cc(C2=NOC(c3cc(Cl)c(Cl)c(C(F)(F)F)c3)(C(F)(F)F)C2)ccc1C(=O)NC1(C)CSC1. The lowest BCUT2D eigenvalue weighted by Gasteiger charge is -2.38. The summed E-state index contributed by atoms with van der Waals surface area (Å²) in [6.07, 6.45) is -11.1. The topological polar surface area (TPSA) is 50.7 Å². The number of hydrogen-bond donors (Lipinski definition) is 1. The molecule has 36 heavy (non-hydrogen) atoms. The second kappa shape index (κ2) is 9.02. The van der Waals surface area contributed by atoms with Crippen LogP contribution in [0, 0.1) is 6.92 Å². The van der Waals surface area contributed by atoms with E-state index in [0.29, 0.717) is 17.2 Å². The van der Waals surface area contributed by atoms with E-state index in [2.05, 4.69) is 10.5 Å². The summed E-state index contributed by atoms with van der Waals surface area (Å²) in [5, 5.41) is 4.91. The highest BCUT2D eigenvalue weighted by Crippen LogP contribution is 2.51. The number of carbonyl (C=O) groups excluding carboxylic acids is 1. The first kappa shape index (κ1) is 26.9. The summed E-state index contributed by atoms with van der Waals surface area (Å²) in [4.78, 5) is 17.5. The molecule has 0 saturated carbocycles. The first-order valence-electron chi connectivity index (χ1n) is 10.5. The van der Waals surface area contributed by atoms with Gasteiger partial charge in [0.15, 0.2) is 0 Å². The van der Waals surface area contributed by atoms with Crippen molar-refractivity contribution in [3.63, 3.8) is 0 Å². The summed E-state index contributed by atoms with van der Waals surface area (Å²) in [5.41, 5.74) is -5.01. The molecule has 0 radical (unpaired) electrons. The fraction of sp³-hybridized carbons (Fsp3) is 0.391. The Morgan fingerprint density at radius 1 is 1.11 bits per heavy atom. The summed E-state index contributed by atoms with van der Waals surface area (Å²) in [5.74, 6) is 1.23. The molecule has 2 aromatic rings. The number of alkyl halides is 6. The number of aryl methyl sites for hydroxylation is 1. The highest BCUT2D eigenvalue weighted by Gasteiger charge is 2.63. The van der Waals surface area contributed by atoms with E-state index >= 15 is 0 Å². The van der Waals surface area contributed by atoms with E-state index in [-0.39, 0.29) is 28.8 Å². The standard InChI is InChI=1S/C23H18Cl2F6N2O2S/c1-11-5-12(3-4-14(11)19(34)32-20(2)9-36-10-20)17-8-21(35-33-17,23(29,30)31)13-6-15(22(26,27)28)18(25)16(24)7-13/h3-7H,8-10H2,1-2H3,(H,32,34). The van der Waals surface area contributed by atoms with Crippen molar-refractivity contribution in [1.29, 1.82) is 0 Å². The van der Waals surface area contributed by atoms with Crippen LogP contribution < -0.4 is 5.32 Å². The van der Waals surface area contributed by atoms with Crippen molar-refractivity contribution in [2.24, 2.45) is 5.16 Å². The molecule has 0 aliphatic carbocycles. The van der Waals surface area contributed by atoms with Crippen LogP contribution in [0.5, 0.6) is 0 Å². The quantitative estimate of drug-likeness (QED) is 0.397. The maximum atomic E-state index is 14.3. The number of nitrogens with zero attached hydrogens (tertiary/aromatic N) is 1. The first-order valence-corrected chi connectivity index (χ1v) is 12.4. The smallest absolute Gasteiger partial charge is 0.374 e. The number of nitrogens with one attached hydrogen (secondary N) is 1. The summed E-state index contributed by atoms with van der Waals surface area (Å²) in [7, 11) is 0. The third-order valence-corrected chi connectivity index (χ3v) is 8.53. The lowest BCUT2D eigenvalue weighted by Crippen LogP contribution is -2.55. The fourth-order valence-electron chi connectivity index (χ4n) is 4.01. The minimum atomic E-state index is -5.15. The molecule has 4 rings (SSSR count). The second-order valence-corrected chi connectivity index (χ2v) is 10.8. The highest BCUT2D eigenvalue weighted by molar-refractivity contribution is 8.00. The Hall–Kier alpha value is -2.11. The van der Waals surface area contributed by atoms with Crippen LogP contribution in [0.4, 0.5) is 26.3 Å². The van der Waals surface area contributed by atoms with Crippen molar-refractivity contribution in [1.82, 2.24) is 5.32 Å². The number of benzene rings is 2. The molecule has 1 fully saturated rings. The molecule has 1 N–H and O–H groups in total. The lowest BCUT2D eigenvalue weighted by molar-refractivity contribution is -0.276. The van der Waals surface area contributed by atoms with E-state index in [4.69, 9.17) is 28.0 Å². The van der Waals surface area contributed by atoms with Gasteiger partial charge < -0.3 is 10.2 Å². The van der Waals surface area contributed by atoms with E-state index in [1.165, 1.54) is 18.2 Å². The fourth-order valence-corrected chi connectivity index (χ4v) is 5.40. The number of amides is 1. The van der Waals surface area contributed by atoms with Gasteiger partial charge >= 0.3 is 12.4 Å². The minimum absolute atomic E-state index is 0.149. The van der Waals surface area contributed by atoms with Crippen molar-refractivity contribution in [3.05, 3.63) is 68.2 Å². The van der Waals surface area contributed by atoms with Crippen LogP contribution in [0.15, 0.2) is 35.5 Å². The lowest BCUT2D eigenvalue weighted by atomic mass is 9.85. The molecular weight excluding hydrogens is 553 g/mol. The highest BCUT2D eigenvalue weighted by atomic mass is 35.5. The Balaban J connectivity index is 1.66. The molecular formula is C23H18Cl2F6N2O2S. The van der Waals surface area contributed by atoms with Gasteiger partial charge in [-0.2, -0.15) is 38.1 Å². The molecule has 1 amide bonds. The van der Waals surface area contributed by atoms with Gasteiger partial charge in [0.05, 0.1) is 26.9 Å². The predicted octanol–water partition coefficient (Wildman–Crippen LogP) is 7.14. The Bertz CT molecular complexity index is 1260. The molecule has 1 atom stereocenters. The number of hydrogen-bond acceptors (Lipinski definition) is 4. The van der Waals surface area contributed by atoms with Crippen LogP contribution in [0.1, 0.15) is 46.0 Å². The largest absolute Gasteiger partial charge is 0.435 e. The van der Waals surface area contributed by atoms with E-state index in [1.54, 1.807) is 18.7 Å². The van der Waals surface area contributed by atoms with Gasteiger partial charge in [0.1, 0.15) is 0 Å². The number of carbonyl (C=O) groups is 1. The summed E-state index contributed by atoms with van der Waals surface area (Å²) < 4.78 is 83.1. The third-order valence-electron chi connectivity index (χ3n) is 6.05. The minimum Gasteiger partial charge on any atom is -0.374 e. The van der Waals surface area contributed by atoms with Crippen LogP contribution in [0.2, 0.25) is 10.0 Å². The van der Waals surface area contributed by atoms with Gasteiger partial charge in [-0.05, 0) is 49.2 Å². The zero-order chi connectivity index (χ0) is 26.7. The summed E-state index contributed by atoms with van der Waals surface area (Å²) in [6.45, 7) is 3.54.